The van der Waals surface area contributed by atoms with Crippen molar-refractivity contribution in [3.63, 3.8) is 0 Å². The molecule has 0 spiro atoms. The normalized spacial score (nSPS) is 11.4. The van der Waals surface area contributed by atoms with Crippen LogP contribution in [-0.2, 0) is 14.8 Å². The van der Waals surface area contributed by atoms with Gasteiger partial charge >= 0.3 is 0 Å². The fourth-order valence-electron chi connectivity index (χ4n) is 2.86. The SMILES string of the molecule is CC(C)NS(=O)(=O)c1ccc(NC(=O)COc2ccc(-c3ccccc3)cc2Br)cc1. The predicted molar refractivity (Wildman–Crippen MR) is 126 cm³/mol. The maximum absolute atomic E-state index is 12.2. The average molecular weight is 503 g/mol. The third kappa shape index (κ3) is 6.40. The van der Waals surface area contributed by atoms with Gasteiger partial charge in [-0.1, -0.05) is 36.4 Å². The van der Waals surface area contributed by atoms with Gasteiger partial charge < -0.3 is 10.1 Å². The number of amides is 1. The van der Waals surface area contributed by atoms with Crippen molar-refractivity contribution in [3.05, 3.63) is 77.3 Å². The van der Waals surface area contributed by atoms with Crippen LogP contribution in [0, 0.1) is 0 Å². The zero-order valence-corrected chi connectivity index (χ0v) is 19.5. The lowest BCUT2D eigenvalue weighted by atomic mass is 10.1. The summed E-state index contributed by atoms with van der Waals surface area (Å²) in [4.78, 5) is 12.4. The van der Waals surface area contributed by atoms with Crippen LogP contribution < -0.4 is 14.8 Å². The molecule has 1 amide bonds. The van der Waals surface area contributed by atoms with E-state index in [-0.39, 0.29) is 23.5 Å². The number of hydrogen-bond acceptors (Lipinski definition) is 4. The molecule has 8 heteroatoms. The fourth-order valence-corrected chi connectivity index (χ4v) is 4.61. The van der Waals surface area contributed by atoms with Gasteiger partial charge in [0.2, 0.25) is 10.0 Å². The van der Waals surface area contributed by atoms with E-state index in [4.69, 9.17) is 4.74 Å². The Kier molecular flexibility index (Phi) is 7.48. The Hall–Kier alpha value is -2.68. The van der Waals surface area contributed by atoms with Crippen LogP contribution in [0.25, 0.3) is 11.1 Å². The third-order valence-electron chi connectivity index (χ3n) is 4.24. The van der Waals surface area contributed by atoms with Crippen molar-refractivity contribution >= 4 is 37.5 Å². The molecule has 2 N–H and O–H groups in total. The average Bonchev–Trinajstić information content (AvgIpc) is 2.73. The van der Waals surface area contributed by atoms with Gasteiger partial charge in [0.15, 0.2) is 6.61 Å². The van der Waals surface area contributed by atoms with Crippen molar-refractivity contribution in [2.24, 2.45) is 0 Å². The number of benzene rings is 3. The summed E-state index contributed by atoms with van der Waals surface area (Å²) in [7, 11) is -3.57. The molecule has 0 aliphatic heterocycles. The van der Waals surface area contributed by atoms with Gasteiger partial charge in [-0.25, -0.2) is 13.1 Å². The molecule has 0 saturated carbocycles. The highest BCUT2D eigenvalue weighted by atomic mass is 79.9. The molecule has 162 valence electrons. The Morgan fingerprint density at radius 3 is 2.26 bits per heavy atom. The van der Waals surface area contributed by atoms with E-state index in [0.29, 0.717) is 11.4 Å². The van der Waals surface area contributed by atoms with E-state index in [9.17, 15) is 13.2 Å². The maximum Gasteiger partial charge on any atom is 0.262 e. The first-order chi connectivity index (χ1) is 14.7. The molecule has 31 heavy (non-hydrogen) atoms. The highest BCUT2D eigenvalue weighted by Crippen LogP contribution is 2.30. The van der Waals surface area contributed by atoms with E-state index in [1.165, 1.54) is 24.3 Å². The van der Waals surface area contributed by atoms with E-state index < -0.39 is 10.0 Å². The molecule has 0 bridgehead atoms. The molecule has 0 aliphatic rings. The number of carbonyl (C=O) groups excluding carboxylic acids is 1. The summed E-state index contributed by atoms with van der Waals surface area (Å²) in [6, 6.07) is 21.4. The van der Waals surface area contributed by atoms with E-state index in [0.717, 1.165) is 15.6 Å². The van der Waals surface area contributed by atoms with Crippen LogP contribution in [0.5, 0.6) is 5.75 Å². The summed E-state index contributed by atoms with van der Waals surface area (Å²) < 4.78 is 33.2. The monoisotopic (exact) mass is 502 g/mol. The molecule has 3 rings (SSSR count). The van der Waals surface area contributed by atoms with Gasteiger partial charge in [-0.15, -0.1) is 0 Å². The van der Waals surface area contributed by atoms with Crippen LogP contribution in [0.15, 0.2) is 82.2 Å². The number of nitrogens with one attached hydrogen (secondary N) is 2. The number of rotatable bonds is 8. The van der Waals surface area contributed by atoms with Crippen molar-refractivity contribution in [1.82, 2.24) is 4.72 Å². The molecule has 0 atom stereocenters. The molecular formula is C23H23BrN2O4S. The minimum absolute atomic E-state index is 0.137. The van der Waals surface area contributed by atoms with Crippen LogP contribution in [0.4, 0.5) is 5.69 Å². The maximum atomic E-state index is 12.2. The lowest BCUT2D eigenvalue weighted by Gasteiger charge is -2.12. The summed E-state index contributed by atoms with van der Waals surface area (Å²) in [5.41, 5.74) is 2.60. The molecule has 0 heterocycles. The number of ether oxygens (including phenoxy) is 1. The Morgan fingerprint density at radius 1 is 0.968 bits per heavy atom. The van der Waals surface area contributed by atoms with Gasteiger partial charge in [0.25, 0.3) is 5.91 Å². The first kappa shape index (κ1) is 23.0. The van der Waals surface area contributed by atoms with Gasteiger partial charge in [-0.2, -0.15) is 0 Å². The van der Waals surface area contributed by atoms with Crippen molar-refractivity contribution in [1.29, 1.82) is 0 Å². The highest BCUT2D eigenvalue weighted by Gasteiger charge is 2.15. The summed E-state index contributed by atoms with van der Waals surface area (Å²) in [6.45, 7) is 3.32. The highest BCUT2D eigenvalue weighted by molar-refractivity contribution is 9.10. The summed E-state index contributed by atoms with van der Waals surface area (Å²) >= 11 is 3.49. The van der Waals surface area contributed by atoms with Crippen LogP contribution in [0.3, 0.4) is 0 Å². The van der Waals surface area contributed by atoms with E-state index in [1.807, 2.05) is 42.5 Å². The second-order valence-corrected chi connectivity index (χ2v) is 9.72. The smallest absolute Gasteiger partial charge is 0.262 e. The van der Waals surface area contributed by atoms with Gasteiger partial charge in [-0.3, -0.25) is 4.79 Å². The zero-order chi connectivity index (χ0) is 22.4. The fraction of sp³-hybridized carbons (Fsp3) is 0.174. The second-order valence-electron chi connectivity index (χ2n) is 7.15. The molecule has 0 saturated heterocycles. The minimum Gasteiger partial charge on any atom is -0.483 e. The van der Waals surface area contributed by atoms with Crippen molar-refractivity contribution in [2.45, 2.75) is 24.8 Å². The zero-order valence-electron chi connectivity index (χ0n) is 17.1. The molecule has 0 unspecified atom stereocenters. The Labute approximate surface area is 190 Å². The van der Waals surface area contributed by atoms with Crippen LogP contribution >= 0.6 is 15.9 Å². The molecule has 0 aromatic heterocycles. The Balaban J connectivity index is 1.58. The lowest BCUT2D eigenvalue weighted by molar-refractivity contribution is -0.118. The van der Waals surface area contributed by atoms with Crippen LogP contribution in [0.2, 0.25) is 0 Å². The van der Waals surface area contributed by atoms with E-state index in [2.05, 4.69) is 26.0 Å². The summed E-state index contributed by atoms with van der Waals surface area (Å²) in [5.74, 6) is 0.200. The van der Waals surface area contributed by atoms with Gasteiger partial charge in [0, 0.05) is 11.7 Å². The number of halogens is 1. The number of carbonyl (C=O) groups is 1. The molecule has 3 aromatic rings. The van der Waals surface area contributed by atoms with Crippen LogP contribution in [0.1, 0.15) is 13.8 Å². The number of anilines is 1. The third-order valence-corrected chi connectivity index (χ3v) is 6.53. The predicted octanol–water partition coefficient (Wildman–Crippen LogP) is 4.82. The molecule has 0 radical (unpaired) electrons. The summed E-state index contributed by atoms with van der Waals surface area (Å²) in [5, 5.41) is 2.69. The standard InChI is InChI=1S/C23H23BrN2O4S/c1-16(2)26-31(28,29)20-11-9-19(10-12-20)25-23(27)15-30-22-13-8-18(14-21(22)24)17-6-4-3-5-7-17/h3-14,16,26H,15H2,1-2H3,(H,25,27). The molecule has 0 aliphatic carbocycles. The van der Waals surface area contributed by atoms with Gasteiger partial charge in [-0.05, 0) is 77.3 Å². The molecule has 6 nitrogen and oxygen atoms in total. The molecule has 0 fully saturated rings. The second kappa shape index (κ2) is 10.1. The first-order valence-corrected chi connectivity index (χ1v) is 11.9. The van der Waals surface area contributed by atoms with Gasteiger partial charge in [0.1, 0.15) is 5.75 Å². The van der Waals surface area contributed by atoms with Crippen LogP contribution in [-0.4, -0.2) is 27.0 Å². The van der Waals surface area contributed by atoms with Crippen molar-refractivity contribution in [2.75, 3.05) is 11.9 Å². The van der Waals surface area contributed by atoms with E-state index >= 15 is 0 Å². The van der Waals surface area contributed by atoms with Crippen molar-refractivity contribution < 1.29 is 17.9 Å². The number of hydrogen-bond donors (Lipinski definition) is 2. The lowest BCUT2D eigenvalue weighted by Crippen LogP contribution is -2.30. The first-order valence-electron chi connectivity index (χ1n) is 9.64. The topological polar surface area (TPSA) is 84.5 Å². The number of sulfonamides is 1. The quantitative estimate of drug-likeness (QED) is 0.462. The van der Waals surface area contributed by atoms with Crippen molar-refractivity contribution in [3.8, 4) is 16.9 Å². The minimum atomic E-state index is -3.57. The summed E-state index contributed by atoms with van der Waals surface area (Å²) in [6.07, 6.45) is 0. The Bertz CT molecular complexity index is 1150. The van der Waals surface area contributed by atoms with E-state index in [1.54, 1.807) is 19.9 Å². The molecular weight excluding hydrogens is 480 g/mol. The van der Waals surface area contributed by atoms with Gasteiger partial charge in [0.05, 0.1) is 9.37 Å². The Morgan fingerprint density at radius 2 is 1.65 bits per heavy atom. The largest absolute Gasteiger partial charge is 0.483 e. The molecule has 3 aromatic carbocycles.